The van der Waals surface area contributed by atoms with Crippen LogP contribution in [0.3, 0.4) is 0 Å². The van der Waals surface area contributed by atoms with Gasteiger partial charge < -0.3 is 9.52 Å². The SMILES string of the molecule is O=c1oc(O)c2cccc3c(=C4N=c5ccccc5=N4)ccc1c23. The summed E-state index contributed by atoms with van der Waals surface area (Å²) in [7, 11) is 0. The van der Waals surface area contributed by atoms with Crippen LogP contribution in [0.5, 0.6) is 5.95 Å². The number of nitrogens with zero attached hydrogens (tertiary/aromatic N) is 2. The van der Waals surface area contributed by atoms with E-state index in [9.17, 15) is 9.90 Å². The number of para-hydroxylation sites is 2. The van der Waals surface area contributed by atoms with E-state index in [1.54, 1.807) is 12.1 Å². The lowest BCUT2D eigenvalue weighted by Gasteiger charge is -2.06. The molecule has 5 rings (SSSR count). The number of hydrogen-bond acceptors (Lipinski definition) is 5. The smallest absolute Gasteiger partial charge is 0.346 e. The first-order valence-electron chi connectivity index (χ1n) is 7.46. The van der Waals surface area contributed by atoms with Crippen molar-refractivity contribution in [2.75, 3.05) is 0 Å². The fourth-order valence-electron chi connectivity index (χ4n) is 3.17. The third-order valence-electron chi connectivity index (χ3n) is 4.26. The van der Waals surface area contributed by atoms with Gasteiger partial charge in [-0.3, -0.25) is 0 Å². The van der Waals surface area contributed by atoms with Crippen molar-refractivity contribution in [1.82, 2.24) is 0 Å². The molecule has 0 bridgehead atoms. The molecular weight excluding hydrogens is 304 g/mol. The molecule has 3 aromatic carbocycles. The Morgan fingerprint density at radius 2 is 1.50 bits per heavy atom. The molecule has 1 N–H and O–H groups in total. The van der Waals surface area contributed by atoms with Crippen LogP contribution in [-0.2, 0) is 0 Å². The highest BCUT2D eigenvalue weighted by molar-refractivity contribution is 6.11. The molecular formula is C19H10N2O3. The van der Waals surface area contributed by atoms with E-state index in [2.05, 4.69) is 9.98 Å². The maximum atomic E-state index is 12.0. The van der Waals surface area contributed by atoms with Crippen molar-refractivity contribution < 1.29 is 9.52 Å². The van der Waals surface area contributed by atoms with Gasteiger partial charge in [-0.15, -0.1) is 0 Å². The molecule has 0 saturated heterocycles. The Labute approximate surface area is 134 Å². The first-order chi connectivity index (χ1) is 11.7. The second kappa shape index (κ2) is 4.52. The minimum absolute atomic E-state index is 0.371. The molecule has 4 aromatic rings. The second-order valence-electron chi connectivity index (χ2n) is 5.62. The van der Waals surface area contributed by atoms with Crippen LogP contribution in [-0.4, -0.2) is 5.11 Å². The molecule has 0 unspecified atom stereocenters. The van der Waals surface area contributed by atoms with Crippen LogP contribution < -0.4 is 21.6 Å². The van der Waals surface area contributed by atoms with Crippen LogP contribution in [0.4, 0.5) is 0 Å². The highest BCUT2D eigenvalue weighted by Crippen LogP contribution is 2.28. The quantitative estimate of drug-likeness (QED) is 0.533. The largest absolute Gasteiger partial charge is 0.480 e. The van der Waals surface area contributed by atoms with Crippen LogP contribution in [0.15, 0.2) is 73.8 Å². The molecule has 2 heterocycles. The molecule has 0 saturated carbocycles. The van der Waals surface area contributed by atoms with Gasteiger partial charge in [-0.2, -0.15) is 0 Å². The van der Waals surface area contributed by atoms with Gasteiger partial charge in [-0.1, -0.05) is 24.3 Å². The molecule has 24 heavy (non-hydrogen) atoms. The zero-order valence-corrected chi connectivity index (χ0v) is 12.4. The summed E-state index contributed by atoms with van der Waals surface area (Å²) >= 11 is 0. The molecule has 1 aliphatic rings. The molecule has 1 aromatic heterocycles. The van der Waals surface area contributed by atoms with Crippen molar-refractivity contribution in [3.8, 4) is 5.95 Å². The van der Waals surface area contributed by atoms with E-state index in [4.69, 9.17) is 4.42 Å². The summed E-state index contributed by atoms with van der Waals surface area (Å²) in [4.78, 5) is 21.2. The molecule has 0 radical (unpaired) electrons. The van der Waals surface area contributed by atoms with Crippen LogP contribution in [0, 0.1) is 0 Å². The van der Waals surface area contributed by atoms with E-state index in [-0.39, 0.29) is 5.95 Å². The van der Waals surface area contributed by atoms with Gasteiger partial charge in [0.1, 0.15) is 0 Å². The lowest BCUT2D eigenvalue weighted by Crippen LogP contribution is -2.19. The van der Waals surface area contributed by atoms with Crippen LogP contribution >= 0.6 is 0 Å². The fraction of sp³-hybridized carbons (Fsp3) is 0. The van der Waals surface area contributed by atoms with E-state index < -0.39 is 5.63 Å². The first kappa shape index (κ1) is 13.0. The van der Waals surface area contributed by atoms with Gasteiger partial charge in [0, 0.05) is 10.6 Å². The normalized spacial score (nSPS) is 13.1. The zero-order chi connectivity index (χ0) is 16.3. The number of aromatic hydroxyl groups is 1. The van der Waals surface area contributed by atoms with E-state index >= 15 is 0 Å². The number of benzene rings is 3. The molecule has 114 valence electrons. The van der Waals surface area contributed by atoms with Crippen molar-refractivity contribution in [1.29, 1.82) is 0 Å². The Morgan fingerprint density at radius 1 is 0.792 bits per heavy atom. The van der Waals surface area contributed by atoms with Crippen molar-refractivity contribution in [3.63, 3.8) is 0 Å². The standard InChI is InChI=1S/C19H10N2O3/c22-18-12-5-3-4-10-11(8-9-13(16(10)12)19(23)24-18)17-20-14-6-1-2-7-15(14)21-17/h1-9,22H. The summed E-state index contributed by atoms with van der Waals surface area (Å²) in [6.07, 6.45) is 0. The summed E-state index contributed by atoms with van der Waals surface area (Å²) < 4.78 is 4.90. The summed E-state index contributed by atoms with van der Waals surface area (Å²) in [5.41, 5.74) is -0.559. The summed E-state index contributed by atoms with van der Waals surface area (Å²) in [5.74, 6) is 0.224. The Hall–Kier alpha value is -3.47. The second-order valence-corrected chi connectivity index (χ2v) is 5.62. The van der Waals surface area contributed by atoms with Gasteiger partial charge >= 0.3 is 5.63 Å². The minimum atomic E-state index is -0.559. The Kier molecular flexibility index (Phi) is 2.45. The van der Waals surface area contributed by atoms with Gasteiger partial charge in [0.2, 0.25) is 0 Å². The van der Waals surface area contributed by atoms with Crippen LogP contribution in [0.1, 0.15) is 0 Å². The summed E-state index contributed by atoms with van der Waals surface area (Å²) in [5, 5.41) is 14.8. The number of hydrogen-bond donors (Lipinski definition) is 1. The van der Waals surface area contributed by atoms with Gasteiger partial charge in [0.05, 0.1) is 21.5 Å². The third kappa shape index (κ3) is 1.66. The van der Waals surface area contributed by atoms with E-state index in [1.165, 1.54) is 0 Å². The van der Waals surface area contributed by atoms with Gasteiger partial charge in [0.25, 0.3) is 5.95 Å². The molecule has 0 aliphatic carbocycles. The highest BCUT2D eigenvalue weighted by Gasteiger charge is 2.14. The van der Waals surface area contributed by atoms with Crippen LogP contribution in [0.25, 0.3) is 27.4 Å². The van der Waals surface area contributed by atoms with Crippen molar-refractivity contribution in [2.45, 2.75) is 0 Å². The summed E-state index contributed by atoms with van der Waals surface area (Å²) in [6.45, 7) is 0. The average molecular weight is 314 g/mol. The van der Waals surface area contributed by atoms with Crippen molar-refractivity contribution in [3.05, 3.63) is 81.0 Å². The maximum absolute atomic E-state index is 12.0. The lowest BCUT2D eigenvalue weighted by molar-refractivity contribution is 0.319. The number of fused-ring (bicyclic) bond motifs is 1. The molecule has 5 nitrogen and oxygen atoms in total. The molecule has 1 aliphatic heterocycles. The van der Waals surface area contributed by atoms with Crippen molar-refractivity contribution >= 4 is 27.4 Å². The first-order valence-corrected chi connectivity index (χ1v) is 7.46. The maximum Gasteiger partial charge on any atom is 0.346 e. The van der Waals surface area contributed by atoms with Gasteiger partial charge in [0.15, 0.2) is 5.82 Å². The lowest BCUT2D eigenvalue weighted by atomic mass is 10.0. The van der Waals surface area contributed by atoms with E-state index in [0.717, 1.165) is 21.3 Å². The summed E-state index contributed by atoms with van der Waals surface area (Å²) in [6, 6.07) is 16.6. The molecule has 5 heteroatoms. The molecule has 0 fully saturated rings. The Morgan fingerprint density at radius 3 is 2.25 bits per heavy atom. The Balaban J connectivity index is 2.04. The number of rotatable bonds is 0. The molecule has 0 atom stereocenters. The van der Waals surface area contributed by atoms with Gasteiger partial charge in [-0.05, 0) is 35.7 Å². The van der Waals surface area contributed by atoms with E-state index in [1.807, 2.05) is 42.5 Å². The van der Waals surface area contributed by atoms with E-state index in [0.29, 0.717) is 22.0 Å². The van der Waals surface area contributed by atoms with Gasteiger partial charge in [-0.25, -0.2) is 14.8 Å². The zero-order valence-electron chi connectivity index (χ0n) is 12.4. The minimum Gasteiger partial charge on any atom is -0.480 e. The topological polar surface area (TPSA) is 75.2 Å². The monoisotopic (exact) mass is 314 g/mol. The predicted molar refractivity (Wildman–Crippen MR) is 89.0 cm³/mol. The van der Waals surface area contributed by atoms with Crippen LogP contribution in [0.2, 0.25) is 0 Å². The Bertz CT molecular complexity index is 1350. The molecule has 0 spiro atoms. The highest BCUT2D eigenvalue weighted by atomic mass is 16.5. The third-order valence-corrected chi connectivity index (χ3v) is 4.26. The fourth-order valence-corrected chi connectivity index (χ4v) is 3.17. The van der Waals surface area contributed by atoms with Crippen molar-refractivity contribution in [2.24, 2.45) is 9.98 Å². The predicted octanol–water partition coefficient (Wildman–Crippen LogP) is 1.39. The average Bonchev–Trinajstić information content (AvgIpc) is 3.03. The molecule has 0 amide bonds.